The Morgan fingerprint density at radius 3 is 2.74 bits per heavy atom. The van der Waals surface area contributed by atoms with Crippen molar-refractivity contribution in [2.24, 2.45) is 0 Å². The molecular formula is C14H21N3O2. The first kappa shape index (κ1) is 13.8. The summed E-state index contributed by atoms with van der Waals surface area (Å²) in [6.45, 7) is 5.97. The molecule has 5 heteroatoms. The summed E-state index contributed by atoms with van der Waals surface area (Å²) in [5.41, 5.74) is 1.000. The quantitative estimate of drug-likeness (QED) is 0.826. The Labute approximate surface area is 113 Å². The molecule has 1 amide bonds. The zero-order chi connectivity index (χ0) is 13.3. The van der Waals surface area contributed by atoms with E-state index in [1.165, 1.54) is 0 Å². The standard InChI is InChI=1S/C14H21N3O2/c18-14(19-12-13-4-2-1-3-5-13)16-8-11-17-9-6-15-7-10-17/h1-5,15H,6-12H2,(H,16,18). The molecule has 0 spiro atoms. The third kappa shape index (κ3) is 5.28. The van der Waals surface area contributed by atoms with Gasteiger partial charge in [-0.15, -0.1) is 0 Å². The molecule has 0 radical (unpaired) electrons. The second-order valence-electron chi connectivity index (χ2n) is 4.58. The third-order valence-electron chi connectivity index (χ3n) is 3.12. The molecule has 2 rings (SSSR count). The lowest BCUT2D eigenvalue weighted by molar-refractivity contribution is 0.137. The lowest BCUT2D eigenvalue weighted by Gasteiger charge is -2.26. The number of rotatable bonds is 5. The van der Waals surface area contributed by atoms with E-state index >= 15 is 0 Å². The average Bonchev–Trinajstić information content (AvgIpc) is 2.47. The van der Waals surface area contributed by atoms with Crippen LogP contribution >= 0.6 is 0 Å². The van der Waals surface area contributed by atoms with E-state index in [9.17, 15) is 4.79 Å². The summed E-state index contributed by atoms with van der Waals surface area (Å²) in [6, 6.07) is 9.68. The minimum Gasteiger partial charge on any atom is -0.445 e. The molecule has 0 unspecified atom stereocenters. The van der Waals surface area contributed by atoms with Gasteiger partial charge in [0.15, 0.2) is 0 Å². The van der Waals surface area contributed by atoms with Crippen LogP contribution in [0.15, 0.2) is 30.3 Å². The lowest BCUT2D eigenvalue weighted by atomic mass is 10.2. The largest absolute Gasteiger partial charge is 0.445 e. The van der Waals surface area contributed by atoms with Gasteiger partial charge in [-0.1, -0.05) is 30.3 Å². The number of alkyl carbamates (subject to hydrolysis) is 1. The topological polar surface area (TPSA) is 53.6 Å². The molecule has 0 aromatic heterocycles. The molecule has 1 aliphatic rings. The van der Waals surface area contributed by atoms with Crippen molar-refractivity contribution < 1.29 is 9.53 Å². The van der Waals surface area contributed by atoms with Crippen molar-refractivity contribution in [3.8, 4) is 0 Å². The fraction of sp³-hybridized carbons (Fsp3) is 0.500. The van der Waals surface area contributed by atoms with Crippen molar-refractivity contribution >= 4 is 6.09 Å². The molecule has 104 valence electrons. The van der Waals surface area contributed by atoms with E-state index in [1.807, 2.05) is 30.3 Å². The van der Waals surface area contributed by atoms with Crippen LogP contribution in [0.25, 0.3) is 0 Å². The number of nitrogens with zero attached hydrogens (tertiary/aromatic N) is 1. The van der Waals surface area contributed by atoms with Crippen molar-refractivity contribution in [2.45, 2.75) is 6.61 Å². The monoisotopic (exact) mass is 263 g/mol. The molecule has 1 aromatic rings. The molecule has 2 N–H and O–H groups in total. The maximum atomic E-state index is 11.5. The Morgan fingerprint density at radius 2 is 2.00 bits per heavy atom. The van der Waals surface area contributed by atoms with Crippen LogP contribution in [0.4, 0.5) is 4.79 Å². The fourth-order valence-electron chi connectivity index (χ4n) is 2.02. The van der Waals surface area contributed by atoms with Crippen LogP contribution in [-0.4, -0.2) is 50.3 Å². The molecule has 5 nitrogen and oxygen atoms in total. The number of amides is 1. The van der Waals surface area contributed by atoms with Crippen LogP contribution in [0, 0.1) is 0 Å². The number of carbonyl (C=O) groups excluding carboxylic acids is 1. The Hall–Kier alpha value is -1.59. The van der Waals surface area contributed by atoms with Gasteiger partial charge in [0.25, 0.3) is 0 Å². The van der Waals surface area contributed by atoms with Crippen molar-refractivity contribution in [3.63, 3.8) is 0 Å². The minimum atomic E-state index is -0.348. The van der Waals surface area contributed by atoms with E-state index in [1.54, 1.807) is 0 Å². The molecule has 1 aromatic carbocycles. The normalized spacial score (nSPS) is 16.0. The third-order valence-corrected chi connectivity index (χ3v) is 3.12. The van der Waals surface area contributed by atoms with Gasteiger partial charge in [0.1, 0.15) is 6.61 Å². The summed E-state index contributed by atoms with van der Waals surface area (Å²) in [7, 11) is 0. The van der Waals surface area contributed by atoms with E-state index in [0.29, 0.717) is 13.2 Å². The molecule has 1 aliphatic heterocycles. The van der Waals surface area contributed by atoms with Gasteiger partial charge in [-0.05, 0) is 5.56 Å². The fourth-order valence-corrected chi connectivity index (χ4v) is 2.02. The molecule has 0 bridgehead atoms. The van der Waals surface area contributed by atoms with E-state index in [2.05, 4.69) is 15.5 Å². The van der Waals surface area contributed by atoms with Crippen molar-refractivity contribution in [1.29, 1.82) is 0 Å². The second kappa shape index (κ2) is 7.76. The van der Waals surface area contributed by atoms with Crippen molar-refractivity contribution in [1.82, 2.24) is 15.5 Å². The highest BCUT2D eigenvalue weighted by Gasteiger charge is 2.09. The number of piperazine rings is 1. The Kier molecular flexibility index (Phi) is 5.65. The molecule has 0 atom stereocenters. The molecule has 1 saturated heterocycles. The van der Waals surface area contributed by atoms with Gasteiger partial charge in [-0.25, -0.2) is 4.79 Å². The predicted octanol–water partition coefficient (Wildman–Crippen LogP) is 0.818. The Morgan fingerprint density at radius 1 is 1.26 bits per heavy atom. The van der Waals surface area contributed by atoms with Gasteiger partial charge in [0.05, 0.1) is 0 Å². The van der Waals surface area contributed by atoms with Gasteiger partial charge in [-0.3, -0.25) is 4.90 Å². The van der Waals surface area contributed by atoms with E-state index in [-0.39, 0.29) is 6.09 Å². The number of ether oxygens (including phenoxy) is 1. The van der Waals surface area contributed by atoms with Crippen molar-refractivity contribution in [2.75, 3.05) is 39.3 Å². The van der Waals surface area contributed by atoms with Crippen LogP contribution < -0.4 is 10.6 Å². The predicted molar refractivity (Wildman–Crippen MR) is 73.9 cm³/mol. The number of hydrogen-bond acceptors (Lipinski definition) is 4. The Balaban J connectivity index is 1.57. The molecule has 1 fully saturated rings. The number of nitrogens with one attached hydrogen (secondary N) is 2. The van der Waals surface area contributed by atoms with Crippen LogP contribution in [0.1, 0.15) is 5.56 Å². The maximum absolute atomic E-state index is 11.5. The summed E-state index contributed by atoms with van der Waals surface area (Å²) in [6.07, 6.45) is -0.348. The first-order valence-corrected chi connectivity index (χ1v) is 6.72. The average molecular weight is 263 g/mol. The minimum absolute atomic E-state index is 0.320. The van der Waals surface area contributed by atoms with E-state index < -0.39 is 0 Å². The van der Waals surface area contributed by atoms with Crippen LogP contribution in [-0.2, 0) is 11.3 Å². The maximum Gasteiger partial charge on any atom is 0.407 e. The highest BCUT2D eigenvalue weighted by Crippen LogP contribution is 2.00. The van der Waals surface area contributed by atoms with Gasteiger partial charge >= 0.3 is 6.09 Å². The number of benzene rings is 1. The van der Waals surface area contributed by atoms with Gasteiger partial charge < -0.3 is 15.4 Å². The van der Waals surface area contributed by atoms with Crippen LogP contribution in [0.2, 0.25) is 0 Å². The molecule has 0 saturated carbocycles. The smallest absolute Gasteiger partial charge is 0.407 e. The zero-order valence-corrected chi connectivity index (χ0v) is 11.1. The first-order valence-electron chi connectivity index (χ1n) is 6.72. The molecular weight excluding hydrogens is 242 g/mol. The summed E-state index contributed by atoms with van der Waals surface area (Å²) in [5.74, 6) is 0. The van der Waals surface area contributed by atoms with E-state index in [0.717, 1.165) is 38.3 Å². The van der Waals surface area contributed by atoms with Crippen LogP contribution in [0.5, 0.6) is 0 Å². The lowest BCUT2D eigenvalue weighted by Crippen LogP contribution is -2.46. The highest BCUT2D eigenvalue weighted by atomic mass is 16.5. The van der Waals surface area contributed by atoms with Gasteiger partial charge in [0, 0.05) is 39.3 Å². The first-order chi connectivity index (χ1) is 9.34. The SMILES string of the molecule is O=C(NCCN1CCNCC1)OCc1ccccc1. The highest BCUT2D eigenvalue weighted by molar-refractivity contribution is 5.67. The van der Waals surface area contributed by atoms with E-state index in [4.69, 9.17) is 4.74 Å². The van der Waals surface area contributed by atoms with Crippen LogP contribution in [0.3, 0.4) is 0 Å². The second-order valence-corrected chi connectivity index (χ2v) is 4.58. The number of carbonyl (C=O) groups is 1. The Bertz CT molecular complexity index is 378. The summed E-state index contributed by atoms with van der Waals surface area (Å²) in [4.78, 5) is 13.8. The summed E-state index contributed by atoms with van der Waals surface area (Å²) < 4.78 is 5.14. The molecule has 19 heavy (non-hydrogen) atoms. The molecule has 1 heterocycles. The number of hydrogen-bond donors (Lipinski definition) is 2. The summed E-state index contributed by atoms with van der Waals surface area (Å²) >= 11 is 0. The summed E-state index contributed by atoms with van der Waals surface area (Å²) in [5, 5.41) is 6.08. The van der Waals surface area contributed by atoms with Crippen molar-refractivity contribution in [3.05, 3.63) is 35.9 Å². The zero-order valence-electron chi connectivity index (χ0n) is 11.1. The molecule has 0 aliphatic carbocycles. The van der Waals surface area contributed by atoms with Gasteiger partial charge in [0.2, 0.25) is 0 Å². The van der Waals surface area contributed by atoms with Gasteiger partial charge in [-0.2, -0.15) is 0 Å².